The number of alkyl halides is 1. The molecule has 0 radical (unpaired) electrons. The second-order valence-corrected chi connectivity index (χ2v) is 4.36. The zero-order valence-electron chi connectivity index (χ0n) is 9.73. The van der Waals surface area contributed by atoms with E-state index < -0.39 is 0 Å². The van der Waals surface area contributed by atoms with Crippen LogP contribution in [0.1, 0.15) is 16.1 Å². The third-order valence-electron chi connectivity index (χ3n) is 2.88. The van der Waals surface area contributed by atoms with Gasteiger partial charge in [0.25, 0.3) is 5.91 Å². The summed E-state index contributed by atoms with van der Waals surface area (Å²) in [5.74, 6) is 0.328. The first-order chi connectivity index (χ1) is 8.24. The Balaban J connectivity index is 2.21. The van der Waals surface area contributed by atoms with Gasteiger partial charge in [0.2, 0.25) is 0 Å². The summed E-state index contributed by atoms with van der Waals surface area (Å²) in [6, 6.07) is 3.65. The molecular weight excluding hydrogens is 240 g/mol. The summed E-state index contributed by atoms with van der Waals surface area (Å²) in [6.45, 7) is 3.52. The average molecular weight is 255 g/mol. The van der Waals surface area contributed by atoms with Crippen molar-refractivity contribution < 1.29 is 9.53 Å². The summed E-state index contributed by atoms with van der Waals surface area (Å²) >= 11 is 5.85. The largest absolute Gasteiger partial charge is 0.377 e. The van der Waals surface area contributed by atoms with Crippen LogP contribution < -0.4 is 0 Å². The van der Waals surface area contributed by atoms with E-state index in [0.29, 0.717) is 31.3 Å². The van der Waals surface area contributed by atoms with Crippen molar-refractivity contribution in [1.82, 2.24) is 9.88 Å². The first-order valence-corrected chi connectivity index (χ1v) is 6.13. The Morgan fingerprint density at radius 3 is 3.24 bits per heavy atom. The number of pyridine rings is 1. The average Bonchev–Trinajstić information content (AvgIpc) is 2.38. The topological polar surface area (TPSA) is 42.4 Å². The molecule has 2 rings (SSSR count). The van der Waals surface area contributed by atoms with E-state index in [9.17, 15) is 4.79 Å². The van der Waals surface area contributed by atoms with Gasteiger partial charge in [-0.3, -0.25) is 9.78 Å². The van der Waals surface area contributed by atoms with Gasteiger partial charge in [-0.2, -0.15) is 0 Å². The van der Waals surface area contributed by atoms with E-state index in [1.807, 2.05) is 19.1 Å². The van der Waals surface area contributed by atoms with Crippen LogP contribution in [-0.2, 0) is 4.74 Å². The second kappa shape index (κ2) is 5.47. The number of rotatable bonds is 2. The quantitative estimate of drug-likeness (QED) is 0.751. The standard InChI is InChI=1S/C12H15ClN2O2/c1-9-3-2-4-14-11(9)12(16)15-5-6-17-8-10(15)7-13/h2-4,10H,5-8H2,1H3. The maximum absolute atomic E-state index is 12.3. The molecule has 1 aliphatic rings. The zero-order chi connectivity index (χ0) is 12.3. The first-order valence-electron chi connectivity index (χ1n) is 5.60. The van der Waals surface area contributed by atoms with Crippen LogP contribution in [0.4, 0.5) is 0 Å². The van der Waals surface area contributed by atoms with Crippen molar-refractivity contribution in [3.8, 4) is 0 Å². The van der Waals surface area contributed by atoms with Gasteiger partial charge in [0.05, 0.1) is 19.3 Å². The molecule has 2 heterocycles. The van der Waals surface area contributed by atoms with Gasteiger partial charge in [-0.25, -0.2) is 0 Å². The number of morpholine rings is 1. The van der Waals surface area contributed by atoms with Crippen LogP contribution in [0.25, 0.3) is 0 Å². The molecule has 92 valence electrons. The smallest absolute Gasteiger partial charge is 0.273 e. The minimum atomic E-state index is -0.0583. The van der Waals surface area contributed by atoms with Crippen LogP contribution in [0, 0.1) is 6.92 Å². The Hall–Kier alpha value is -1.13. The third-order valence-corrected chi connectivity index (χ3v) is 3.23. The predicted molar refractivity (Wildman–Crippen MR) is 65.3 cm³/mol. The van der Waals surface area contributed by atoms with Crippen molar-refractivity contribution in [2.24, 2.45) is 0 Å². The van der Waals surface area contributed by atoms with E-state index in [-0.39, 0.29) is 11.9 Å². The van der Waals surface area contributed by atoms with E-state index >= 15 is 0 Å². The molecule has 1 aromatic heterocycles. The first kappa shape index (κ1) is 12.3. The Labute approximate surface area is 106 Å². The Kier molecular flexibility index (Phi) is 3.97. The molecule has 0 bridgehead atoms. The van der Waals surface area contributed by atoms with Crippen molar-refractivity contribution in [1.29, 1.82) is 0 Å². The molecule has 1 saturated heterocycles. The number of halogens is 1. The van der Waals surface area contributed by atoms with Gasteiger partial charge in [0.1, 0.15) is 5.69 Å². The maximum atomic E-state index is 12.3. The maximum Gasteiger partial charge on any atom is 0.273 e. The molecule has 1 unspecified atom stereocenters. The van der Waals surface area contributed by atoms with Crippen molar-refractivity contribution in [3.05, 3.63) is 29.6 Å². The van der Waals surface area contributed by atoms with E-state index in [1.54, 1.807) is 11.1 Å². The van der Waals surface area contributed by atoms with E-state index in [1.165, 1.54) is 0 Å². The summed E-state index contributed by atoms with van der Waals surface area (Å²) in [6.07, 6.45) is 1.64. The molecule has 1 aromatic rings. The summed E-state index contributed by atoms with van der Waals surface area (Å²) in [4.78, 5) is 18.2. The van der Waals surface area contributed by atoms with Crippen molar-refractivity contribution in [2.45, 2.75) is 13.0 Å². The van der Waals surface area contributed by atoms with Crippen LogP contribution in [-0.4, -0.2) is 47.5 Å². The highest BCUT2D eigenvalue weighted by atomic mass is 35.5. The highest BCUT2D eigenvalue weighted by molar-refractivity contribution is 6.18. The summed E-state index contributed by atoms with van der Waals surface area (Å²) in [5.41, 5.74) is 1.39. The number of ether oxygens (including phenoxy) is 1. The van der Waals surface area contributed by atoms with Crippen molar-refractivity contribution >= 4 is 17.5 Å². The Morgan fingerprint density at radius 1 is 1.71 bits per heavy atom. The summed E-state index contributed by atoms with van der Waals surface area (Å²) in [5, 5.41) is 0. The van der Waals surface area contributed by atoms with Crippen LogP contribution in [0.3, 0.4) is 0 Å². The number of carbonyl (C=O) groups is 1. The minimum Gasteiger partial charge on any atom is -0.377 e. The van der Waals surface area contributed by atoms with Gasteiger partial charge in [-0.05, 0) is 18.6 Å². The second-order valence-electron chi connectivity index (χ2n) is 4.05. The van der Waals surface area contributed by atoms with E-state index in [0.717, 1.165) is 5.56 Å². The molecule has 17 heavy (non-hydrogen) atoms. The van der Waals surface area contributed by atoms with Gasteiger partial charge in [-0.15, -0.1) is 11.6 Å². The summed E-state index contributed by atoms with van der Waals surface area (Å²) in [7, 11) is 0. The van der Waals surface area contributed by atoms with Gasteiger partial charge >= 0.3 is 0 Å². The van der Waals surface area contributed by atoms with Crippen molar-refractivity contribution in [2.75, 3.05) is 25.6 Å². The van der Waals surface area contributed by atoms with Gasteiger partial charge in [0.15, 0.2) is 0 Å². The molecule has 1 aliphatic heterocycles. The number of amides is 1. The molecule has 5 heteroatoms. The summed E-state index contributed by atoms with van der Waals surface area (Å²) < 4.78 is 5.32. The Morgan fingerprint density at radius 2 is 2.53 bits per heavy atom. The van der Waals surface area contributed by atoms with E-state index in [2.05, 4.69) is 4.98 Å². The molecule has 0 saturated carbocycles. The number of aryl methyl sites for hydroxylation is 1. The number of hydrogen-bond donors (Lipinski definition) is 0. The van der Waals surface area contributed by atoms with Gasteiger partial charge in [0, 0.05) is 18.6 Å². The SMILES string of the molecule is Cc1cccnc1C(=O)N1CCOCC1CCl. The predicted octanol–water partition coefficient (Wildman–Crippen LogP) is 1.47. The molecule has 1 atom stereocenters. The highest BCUT2D eigenvalue weighted by Crippen LogP contribution is 2.14. The van der Waals surface area contributed by atoms with Crippen LogP contribution in [0.2, 0.25) is 0 Å². The highest BCUT2D eigenvalue weighted by Gasteiger charge is 2.28. The fourth-order valence-electron chi connectivity index (χ4n) is 1.90. The van der Waals surface area contributed by atoms with Crippen LogP contribution in [0.15, 0.2) is 18.3 Å². The van der Waals surface area contributed by atoms with Crippen LogP contribution in [0.5, 0.6) is 0 Å². The Bertz CT molecular complexity index is 411. The monoisotopic (exact) mass is 254 g/mol. The molecule has 0 aliphatic carbocycles. The lowest BCUT2D eigenvalue weighted by Crippen LogP contribution is -2.50. The molecule has 0 spiro atoms. The number of aromatic nitrogens is 1. The number of nitrogens with zero attached hydrogens (tertiary/aromatic N) is 2. The lowest BCUT2D eigenvalue weighted by Gasteiger charge is -2.34. The number of carbonyl (C=O) groups excluding carboxylic acids is 1. The normalized spacial score (nSPS) is 20.4. The molecule has 1 fully saturated rings. The van der Waals surface area contributed by atoms with Gasteiger partial charge < -0.3 is 9.64 Å². The molecule has 0 aromatic carbocycles. The van der Waals surface area contributed by atoms with E-state index in [4.69, 9.17) is 16.3 Å². The fourth-order valence-corrected chi connectivity index (χ4v) is 2.15. The lowest BCUT2D eigenvalue weighted by molar-refractivity contribution is 0.00419. The number of hydrogen-bond acceptors (Lipinski definition) is 3. The minimum absolute atomic E-state index is 0.0562. The molecular formula is C12H15ClN2O2. The third kappa shape index (κ3) is 2.58. The van der Waals surface area contributed by atoms with Gasteiger partial charge in [-0.1, -0.05) is 6.07 Å². The van der Waals surface area contributed by atoms with Crippen LogP contribution >= 0.6 is 11.6 Å². The van der Waals surface area contributed by atoms with Crippen molar-refractivity contribution in [3.63, 3.8) is 0 Å². The molecule has 4 nitrogen and oxygen atoms in total. The molecule has 1 amide bonds. The molecule has 0 N–H and O–H groups in total. The zero-order valence-corrected chi connectivity index (χ0v) is 10.5. The lowest BCUT2D eigenvalue weighted by atomic mass is 10.1. The fraction of sp³-hybridized carbons (Fsp3) is 0.500.